The van der Waals surface area contributed by atoms with Gasteiger partial charge < -0.3 is 24.6 Å². The zero-order chi connectivity index (χ0) is 18.1. The second-order valence-electron chi connectivity index (χ2n) is 5.43. The number of benzene rings is 2. The maximum absolute atomic E-state index is 10.4. The van der Waals surface area contributed by atoms with Gasteiger partial charge in [-0.1, -0.05) is 30.4 Å². The van der Waals surface area contributed by atoms with Gasteiger partial charge in [0.15, 0.2) is 0 Å². The molecule has 0 fully saturated rings. The molecule has 2 rings (SSSR count). The van der Waals surface area contributed by atoms with E-state index in [4.69, 9.17) is 14.2 Å². The Balaban J connectivity index is 1.90. The number of hydrogen-bond acceptors (Lipinski definition) is 5. The third-order valence-corrected chi connectivity index (χ3v) is 3.83. The van der Waals surface area contributed by atoms with E-state index in [9.17, 15) is 5.11 Å². The molecule has 25 heavy (non-hydrogen) atoms. The smallest absolute Gasteiger partial charge is 0.126 e. The molecule has 0 saturated heterocycles. The van der Waals surface area contributed by atoms with E-state index >= 15 is 0 Å². The maximum Gasteiger partial charge on any atom is 0.126 e. The molecule has 134 valence electrons. The molecule has 2 N–H and O–H groups in total. The fourth-order valence-corrected chi connectivity index (χ4v) is 2.50. The molecule has 0 radical (unpaired) electrons. The van der Waals surface area contributed by atoms with Crippen LogP contribution in [0.1, 0.15) is 17.2 Å². The molecule has 1 unspecified atom stereocenters. The maximum atomic E-state index is 10.4. The van der Waals surface area contributed by atoms with Gasteiger partial charge >= 0.3 is 0 Å². The van der Waals surface area contributed by atoms with Crippen molar-refractivity contribution in [3.63, 3.8) is 0 Å². The molecule has 5 nitrogen and oxygen atoms in total. The average molecular weight is 343 g/mol. The van der Waals surface area contributed by atoms with Crippen LogP contribution >= 0.6 is 0 Å². The van der Waals surface area contributed by atoms with Crippen LogP contribution in [0.2, 0.25) is 0 Å². The van der Waals surface area contributed by atoms with Gasteiger partial charge in [-0.3, -0.25) is 0 Å². The van der Waals surface area contributed by atoms with Crippen molar-refractivity contribution in [3.05, 3.63) is 59.7 Å². The average Bonchev–Trinajstić information content (AvgIpc) is 2.67. The number of methoxy groups -OCH3 is 3. The molecule has 0 spiro atoms. The van der Waals surface area contributed by atoms with E-state index in [0.717, 1.165) is 11.3 Å². The Kier molecular flexibility index (Phi) is 7.32. The van der Waals surface area contributed by atoms with Gasteiger partial charge in [-0.2, -0.15) is 0 Å². The molecule has 2 aromatic carbocycles. The van der Waals surface area contributed by atoms with E-state index in [0.29, 0.717) is 30.2 Å². The van der Waals surface area contributed by atoms with Crippen LogP contribution in [0.5, 0.6) is 17.2 Å². The van der Waals surface area contributed by atoms with Crippen LogP contribution in [0.25, 0.3) is 6.08 Å². The second kappa shape index (κ2) is 9.71. The summed E-state index contributed by atoms with van der Waals surface area (Å²) in [5.41, 5.74) is 1.71. The minimum atomic E-state index is -0.690. The van der Waals surface area contributed by atoms with Crippen LogP contribution in [0.4, 0.5) is 0 Å². The Morgan fingerprint density at radius 1 is 1.00 bits per heavy atom. The van der Waals surface area contributed by atoms with E-state index in [2.05, 4.69) is 5.32 Å². The normalized spacial score (nSPS) is 12.2. The number of para-hydroxylation sites is 1. The molecule has 0 aliphatic heterocycles. The molecule has 0 aliphatic rings. The Bertz CT molecular complexity index is 700. The summed E-state index contributed by atoms with van der Waals surface area (Å²) in [5.74, 6) is 2.16. The van der Waals surface area contributed by atoms with Gasteiger partial charge in [0.25, 0.3) is 0 Å². The largest absolute Gasteiger partial charge is 0.497 e. The summed E-state index contributed by atoms with van der Waals surface area (Å²) in [6.07, 6.45) is 3.29. The summed E-state index contributed by atoms with van der Waals surface area (Å²) in [4.78, 5) is 0. The highest BCUT2D eigenvalue weighted by molar-refractivity contribution is 5.57. The zero-order valence-corrected chi connectivity index (χ0v) is 14.9. The first kappa shape index (κ1) is 18.8. The number of aliphatic hydroxyl groups is 1. The summed E-state index contributed by atoms with van der Waals surface area (Å²) in [7, 11) is 4.84. The Labute approximate surface area is 148 Å². The second-order valence-corrected chi connectivity index (χ2v) is 5.43. The predicted molar refractivity (Wildman–Crippen MR) is 99.4 cm³/mol. The van der Waals surface area contributed by atoms with Gasteiger partial charge in [0.2, 0.25) is 0 Å². The van der Waals surface area contributed by atoms with Crippen molar-refractivity contribution in [2.45, 2.75) is 6.10 Å². The lowest BCUT2D eigenvalue weighted by molar-refractivity contribution is 0.171. The highest BCUT2D eigenvalue weighted by Gasteiger charge is 2.14. The van der Waals surface area contributed by atoms with Crippen molar-refractivity contribution in [2.24, 2.45) is 0 Å². The molecule has 0 aliphatic carbocycles. The fraction of sp³-hybridized carbons (Fsp3) is 0.300. The van der Waals surface area contributed by atoms with Crippen molar-refractivity contribution < 1.29 is 19.3 Å². The molecule has 5 heteroatoms. The highest BCUT2D eigenvalue weighted by Crippen LogP contribution is 2.29. The Morgan fingerprint density at radius 2 is 1.76 bits per heavy atom. The van der Waals surface area contributed by atoms with Gasteiger partial charge in [-0.05, 0) is 24.3 Å². The Morgan fingerprint density at radius 3 is 2.48 bits per heavy atom. The standard InChI is InChI=1S/C20H25NO4/c1-23-16-10-11-20(25-3)17(13-16)18(22)14-21-12-6-8-15-7-4-5-9-19(15)24-2/h4-11,13,18,21-22H,12,14H2,1-3H3. The first-order chi connectivity index (χ1) is 12.2. The highest BCUT2D eigenvalue weighted by atomic mass is 16.5. The lowest BCUT2D eigenvalue weighted by Crippen LogP contribution is -2.21. The number of hydrogen-bond donors (Lipinski definition) is 2. The molecule has 0 heterocycles. The number of aliphatic hydroxyl groups excluding tert-OH is 1. The SMILES string of the molecule is COc1ccc(OC)c(C(O)CNCC=Cc2ccccc2OC)c1. The van der Waals surface area contributed by atoms with E-state index in [1.165, 1.54) is 0 Å². The molecule has 2 aromatic rings. The van der Waals surface area contributed by atoms with Gasteiger partial charge in [-0.15, -0.1) is 0 Å². The van der Waals surface area contributed by atoms with Crippen molar-refractivity contribution in [3.8, 4) is 17.2 Å². The summed E-state index contributed by atoms with van der Waals surface area (Å²) in [6, 6.07) is 13.2. The molecule has 0 aromatic heterocycles. The van der Waals surface area contributed by atoms with Crippen molar-refractivity contribution in [2.75, 3.05) is 34.4 Å². The van der Waals surface area contributed by atoms with E-state index < -0.39 is 6.10 Å². The van der Waals surface area contributed by atoms with E-state index in [1.807, 2.05) is 36.4 Å². The fourth-order valence-electron chi connectivity index (χ4n) is 2.50. The van der Waals surface area contributed by atoms with Gasteiger partial charge in [0, 0.05) is 24.2 Å². The number of nitrogens with one attached hydrogen (secondary N) is 1. The van der Waals surface area contributed by atoms with Gasteiger partial charge in [0.05, 0.1) is 27.4 Å². The number of rotatable bonds is 9. The summed E-state index contributed by atoms with van der Waals surface area (Å²) >= 11 is 0. The molecular weight excluding hydrogens is 318 g/mol. The van der Waals surface area contributed by atoms with Crippen LogP contribution in [0.15, 0.2) is 48.5 Å². The van der Waals surface area contributed by atoms with Crippen LogP contribution in [0.3, 0.4) is 0 Å². The van der Waals surface area contributed by atoms with Crippen LogP contribution < -0.4 is 19.5 Å². The van der Waals surface area contributed by atoms with Gasteiger partial charge in [0.1, 0.15) is 17.2 Å². The van der Waals surface area contributed by atoms with Crippen LogP contribution in [0, 0.1) is 0 Å². The molecule has 0 amide bonds. The van der Waals surface area contributed by atoms with E-state index in [-0.39, 0.29) is 0 Å². The van der Waals surface area contributed by atoms with E-state index in [1.54, 1.807) is 39.5 Å². The number of ether oxygens (including phenoxy) is 3. The summed E-state index contributed by atoms with van der Waals surface area (Å²) in [6.45, 7) is 1.03. The quantitative estimate of drug-likeness (QED) is 0.685. The minimum absolute atomic E-state index is 0.403. The topological polar surface area (TPSA) is 60.0 Å². The first-order valence-corrected chi connectivity index (χ1v) is 8.09. The third kappa shape index (κ3) is 5.24. The minimum Gasteiger partial charge on any atom is -0.497 e. The van der Waals surface area contributed by atoms with Crippen molar-refractivity contribution in [1.82, 2.24) is 5.32 Å². The van der Waals surface area contributed by atoms with Crippen molar-refractivity contribution in [1.29, 1.82) is 0 Å². The Hall–Kier alpha value is -2.50. The molecule has 1 atom stereocenters. The molecular formula is C20H25NO4. The predicted octanol–water partition coefficient (Wildman–Crippen LogP) is 3.05. The molecule has 0 bridgehead atoms. The lowest BCUT2D eigenvalue weighted by atomic mass is 10.1. The third-order valence-electron chi connectivity index (χ3n) is 3.83. The first-order valence-electron chi connectivity index (χ1n) is 8.09. The monoisotopic (exact) mass is 343 g/mol. The molecule has 0 saturated carbocycles. The lowest BCUT2D eigenvalue weighted by Gasteiger charge is -2.16. The van der Waals surface area contributed by atoms with Crippen LogP contribution in [-0.2, 0) is 0 Å². The summed E-state index contributed by atoms with van der Waals surface area (Å²) < 4.78 is 15.8. The van der Waals surface area contributed by atoms with Gasteiger partial charge in [-0.25, -0.2) is 0 Å². The zero-order valence-electron chi connectivity index (χ0n) is 14.9. The van der Waals surface area contributed by atoms with Crippen LogP contribution in [-0.4, -0.2) is 39.5 Å². The summed E-state index contributed by atoms with van der Waals surface area (Å²) in [5, 5.41) is 13.6. The van der Waals surface area contributed by atoms with Crippen molar-refractivity contribution >= 4 is 6.08 Å².